The van der Waals surface area contributed by atoms with Crippen molar-refractivity contribution in [2.75, 3.05) is 30.3 Å². The van der Waals surface area contributed by atoms with Gasteiger partial charge in [0.25, 0.3) is 5.91 Å². The van der Waals surface area contributed by atoms with Gasteiger partial charge < -0.3 is 10.6 Å². The number of hydrogen-bond donors (Lipinski definition) is 4. The van der Waals surface area contributed by atoms with E-state index in [4.69, 9.17) is 0 Å². The van der Waals surface area contributed by atoms with E-state index in [0.29, 0.717) is 24.6 Å². The lowest BCUT2D eigenvalue weighted by molar-refractivity contribution is -0.157. The lowest BCUT2D eigenvalue weighted by atomic mass is 10.0. The van der Waals surface area contributed by atoms with E-state index in [9.17, 15) is 19.6 Å². The number of anilines is 2. The molecule has 1 aromatic rings. The van der Waals surface area contributed by atoms with Crippen molar-refractivity contribution in [2.24, 2.45) is 5.92 Å². The Kier molecular flexibility index (Phi) is 10.1. The number of para-hydroxylation sites is 2. The number of amides is 3. The number of carbonyl (C=O) groups is 3. The van der Waals surface area contributed by atoms with Crippen molar-refractivity contribution >= 4 is 29.6 Å². The second-order valence-corrected chi connectivity index (χ2v) is 7.86. The van der Waals surface area contributed by atoms with Crippen LogP contribution in [0, 0.1) is 5.92 Å². The average Bonchev–Trinajstić information content (AvgIpc) is 2.80. The Morgan fingerprint density at radius 2 is 1.90 bits per heavy atom. The summed E-state index contributed by atoms with van der Waals surface area (Å²) in [4.78, 5) is 37.0. The predicted molar refractivity (Wildman–Crippen MR) is 119 cm³/mol. The van der Waals surface area contributed by atoms with Crippen LogP contribution in [0.1, 0.15) is 52.4 Å². The Morgan fingerprint density at radius 3 is 2.58 bits per heavy atom. The molecule has 0 bridgehead atoms. The molecule has 0 saturated carbocycles. The third-order valence-corrected chi connectivity index (χ3v) is 5.35. The first kappa shape index (κ1) is 24.5. The molecule has 0 spiro atoms. The van der Waals surface area contributed by atoms with Gasteiger partial charge in [-0.3, -0.25) is 30.0 Å². The van der Waals surface area contributed by atoms with Gasteiger partial charge in [-0.2, -0.15) is 0 Å². The Labute approximate surface area is 184 Å². The molecule has 1 heterocycles. The van der Waals surface area contributed by atoms with Crippen LogP contribution in [-0.4, -0.2) is 59.2 Å². The SMILES string of the molecule is CCCCCC(CN(O)C=O)C(=O)NN(CCCC)C(=O)C1CNc2ccccc2N1. The van der Waals surface area contributed by atoms with Crippen LogP contribution in [0.3, 0.4) is 0 Å². The van der Waals surface area contributed by atoms with Crippen molar-refractivity contribution in [3.05, 3.63) is 24.3 Å². The number of carbonyl (C=O) groups excluding carboxylic acids is 3. The van der Waals surface area contributed by atoms with Gasteiger partial charge >= 0.3 is 0 Å². The first-order valence-electron chi connectivity index (χ1n) is 11.1. The Bertz CT molecular complexity index is 730. The van der Waals surface area contributed by atoms with Gasteiger partial charge in [-0.25, -0.2) is 5.06 Å². The van der Waals surface area contributed by atoms with Gasteiger partial charge in [0, 0.05) is 13.1 Å². The predicted octanol–water partition coefficient (Wildman–Crippen LogP) is 2.60. The number of rotatable bonds is 12. The van der Waals surface area contributed by atoms with Gasteiger partial charge in [0.1, 0.15) is 6.04 Å². The zero-order valence-electron chi connectivity index (χ0n) is 18.5. The molecule has 3 amide bonds. The summed E-state index contributed by atoms with van der Waals surface area (Å²) in [7, 11) is 0. The smallest absolute Gasteiger partial charge is 0.265 e. The number of hydroxylamine groups is 2. The van der Waals surface area contributed by atoms with E-state index in [2.05, 4.69) is 23.0 Å². The standard InChI is InChI=1S/C22H35N5O4/c1-3-5-7-10-17(15-26(31)16-28)21(29)25-27(13-6-4-2)22(30)20-14-23-18-11-8-9-12-19(18)24-20/h8-9,11-12,16-17,20,23-24,31H,3-7,10,13-15H2,1-2H3,(H,25,29). The number of hydrazine groups is 1. The Hall–Kier alpha value is -2.81. The fourth-order valence-electron chi connectivity index (χ4n) is 3.53. The Balaban J connectivity index is 2.07. The molecule has 0 radical (unpaired) electrons. The number of unbranched alkanes of at least 4 members (excludes halogenated alkanes) is 3. The zero-order chi connectivity index (χ0) is 22.6. The van der Waals surface area contributed by atoms with Crippen LogP contribution >= 0.6 is 0 Å². The summed E-state index contributed by atoms with van der Waals surface area (Å²) in [6.45, 7) is 4.77. The maximum Gasteiger partial charge on any atom is 0.265 e. The van der Waals surface area contributed by atoms with E-state index in [1.54, 1.807) is 0 Å². The van der Waals surface area contributed by atoms with E-state index in [0.717, 1.165) is 43.5 Å². The van der Waals surface area contributed by atoms with Crippen molar-refractivity contribution in [3.63, 3.8) is 0 Å². The van der Waals surface area contributed by atoms with Crippen molar-refractivity contribution in [2.45, 2.75) is 58.4 Å². The van der Waals surface area contributed by atoms with Crippen molar-refractivity contribution in [1.82, 2.24) is 15.5 Å². The largest absolute Gasteiger partial charge is 0.381 e. The van der Waals surface area contributed by atoms with Gasteiger partial charge in [0.2, 0.25) is 12.3 Å². The van der Waals surface area contributed by atoms with E-state index >= 15 is 0 Å². The topological polar surface area (TPSA) is 114 Å². The highest BCUT2D eigenvalue weighted by Crippen LogP contribution is 2.25. The van der Waals surface area contributed by atoms with E-state index in [1.807, 2.05) is 31.2 Å². The fraction of sp³-hybridized carbons (Fsp3) is 0.591. The molecule has 9 nitrogen and oxygen atoms in total. The molecule has 0 saturated heterocycles. The third-order valence-electron chi connectivity index (χ3n) is 5.35. The quantitative estimate of drug-likeness (QED) is 0.174. The summed E-state index contributed by atoms with van der Waals surface area (Å²) in [5, 5.41) is 17.9. The molecular weight excluding hydrogens is 398 g/mol. The second-order valence-electron chi connectivity index (χ2n) is 7.86. The van der Waals surface area contributed by atoms with Gasteiger partial charge in [-0.05, 0) is 25.0 Å². The molecule has 31 heavy (non-hydrogen) atoms. The highest BCUT2D eigenvalue weighted by Gasteiger charge is 2.30. The molecule has 0 fully saturated rings. The number of benzene rings is 1. The van der Waals surface area contributed by atoms with Crippen LogP contribution < -0.4 is 16.1 Å². The zero-order valence-corrected chi connectivity index (χ0v) is 18.5. The van der Waals surface area contributed by atoms with Crippen LogP contribution in [0.25, 0.3) is 0 Å². The summed E-state index contributed by atoms with van der Waals surface area (Å²) in [6, 6.07) is 7.14. The molecule has 2 unspecified atom stereocenters. The highest BCUT2D eigenvalue weighted by molar-refractivity contribution is 5.90. The lowest BCUT2D eigenvalue weighted by Crippen LogP contribution is -2.56. The average molecular weight is 434 g/mol. The molecule has 172 valence electrons. The van der Waals surface area contributed by atoms with E-state index in [-0.39, 0.29) is 24.8 Å². The van der Waals surface area contributed by atoms with Gasteiger partial charge in [0.15, 0.2) is 0 Å². The van der Waals surface area contributed by atoms with Crippen LogP contribution in [0.2, 0.25) is 0 Å². The Morgan fingerprint density at radius 1 is 1.19 bits per heavy atom. The molecule has 9 heteroatoms. The number of hydrogen-bond acceptors (Lipinski definition) is 6. The summed E-state index contributed by atoms with van der Waals surface area (Å²) < 4.78 is 0. The van der Waals surface area contributed by atoms with Gasteiger partial charge in [-0.1, -0.05) is 51.7 Å². The van der Waals surface area contributed by atoms with E-state index < -0.39 is 12.0 Å². The molecule has 1 aliphatic heterocycles. The van der Waals surface area contributed by atoms with Gasteiger partial charge in [-0.15, -0.1) is 0 Å². The molecule has 2 rings (SSSR count). The van der Waals surface area contributed by atoms with Crippen LogP contribution in [0.4, 0.5) is 11.4 Å². The van der Waals surface area contributed by atoms with Crippen LogP contribution in [-0.2, 0) is 14.4 Å². The molecule has 0 aromatic heterocycles. The van der Waals surface area contributed by atoms with Crippen LogP contribution in [0.5, 0.6) is 0 Å². The minimum Gasteiger partial charge on any atom is -0.381 e. The summed E-state index contributed by atoms with van der Waals surface area (Å²) in [6.07, 6.45) is 5.17. The minimum atomic E-state index is -0.600. The van der Waals surface area contributed by atoms with Crippen molar-refractivity contribution in [1.29, 1.82) is 0 Å². The minimum absolute atomic E-state index is 0.106. The summed E-state index contributed by atoms with van der Waals surface area (Å²) in [5.41, 5.74) is 4.53. The molecule has 1 aliphatic rings. The number of nitrogens with one attached hydrogen (secondary N) is 3. The maximum atomic E-state index is 13.2. The van der Waals surface area contributed by atoms with Crippen molar-refractivity contribution in [3.8, 4) is 0 Å². The van der Waals surface area contributed by atoms with E-state index in [1.165, 1.54) is 5.01 Å². The third kappa shape index (κ3) is 7.43. The second kappa shape index (κ2) is 12.8. The number of fused-ring (bicyclic) bond motifs is 1. The normalized spacial score (nSPS) is 15.6. The first-order valence-corrected chi connectivity index (χ1v) is 11.1. The molecular formula is C22H35N5O4. The monoisotopic (exact) mass is 433 g/mol. The molecule has 1 aromatic carbocycles. The van der Waals surface area contributed by atoms with Gasteiger partial charge in [0.05, 0.1) is 23.8 Å². The first-order chi connectivity index (χ1) is 15.0. The summed E-state index contributed by atoms with van der Waals surface area (Å²) in [5.74, 6) is -1.20. The van der Waals surface area contributed by atoms with Crippen molar-refractivity contribution < 1.29 is 19.6 Å². The molecule has 4 N–H and O–H groups in total. The maximum absolute atomic E-state index is 13.2. The lowest BCUT2D eigenvalue weighted by Gasteiger charge is -2.33. The number of nitrogens with zero attached hydrogens (tertiary/aromatic N) is 2. The fourth-order valence-corrected chi connectivity index (χ4v) is 3.53. The highest BCUT2D eigenvalue weighted by atomic mass is 16.5. The molecule has 2 atom stereocenters. The summed E-state index contributed by atoms with van der Waals surface area (Å²) >= 11 is 0. The van der Waals surface area contributed by atoms with Crippen LogP contribution in [0.15, 0.2) is 24.3 Å². The molecule has 0 aliphatic carbocycles.